The minimum Gasteiger partial charge on any atom is -0.374 e. The van der Waals surface area contributed by atoms with Crippen molar-refractivity contribution in [2.75, 3.05) is 13.7 Å². The van der Waals surface area contributed by atoms with Crippen LogP contribution in [0.15, 0.2) is 22.8 Å². The number of ether oxygens (including phenoxy) is 1. The molecule has 0 aromatic carbocycles. The summed E-state index contributed by atoms with van der Waals surface area (Å²) in [4.78, 5) is 4.45. The number of nitrogens with one attached hydrogen (secondary N) is 1. The Kier molecular flexibility index (Phi) is 4.76. The lowest BCUT2D eigenvalue weighted by Gasteiger charge is -2.40. The molecule has 0 radical (unpaired) electrons. The monoisotopic (exact) mass is 312 g/mol. The molecule has 4 heteroatoms. The number of likely N-dealkylation sites (N-methyl/N-ethyl adjacent to an activating group) is 1. The largest absolute Gasteiger partial charge is 0.374 e. The summed E-state index contributed by atoms with van der Waals surface area (Å²) < 4.78 is 7.04. The number of pyridine rings is 1. The maximum absolute atomic E-state index is 6.01. The predicted molar refractivity (Wildman–Crippen MR) is 76.7 cm³/mol. The van der Waals surface area contributed by atoms with E-state index in [2.05, 4.69) is 39.2 Å². The summed E-state index contributed by atoms with van der Waals surface area (Å²) in [5, 5.41) is 3.40. The SMILES string of the molecule is CNC(Cc1ccc(Br)cn1)C1(C)CCCCO1. The van der Waals surface area contributed by atoms with Gasteiger partial charge in [0.2, 0.25) is 0 Å². The van der Waals surface area contributed by atoms with E-state index in [1.54, 1.807) is 0 Å². The van der Waals surface area contributed by atoms with Crippen molar-refractivity contribution in [3.8, 4) is 0 Å². The van der Waals surface area contributed by atoms with Crippen molar-refractivity contribution >= 4 is 15.9 Å². The lowest BCUT2D eigenvalue weighted by Crippen LogP contribution is -2.52. The van der Waals surface area contributed by atoms with Gasteiger partial charge in [-0.15, -0.1) is 0 Å². The van der Waals surface area contributed by atoms with Crippen molar-refractivity contribution in [3.05, 3.63) is 28.5 Å². The quantitative estimate of drug-likeness (QED) is 0.928. The lowest BCUT2D eigenvalue weighted by atomic mass is 9.85. The molecule has 1 aromatic heterocycles. The van der Waals surface area contributed by atoms with Gasteiger partial charge in [0.25, 0.3) is 0 Å². The summed E-state index contributed by atoms with van der Waals surface area (Å²) in [7, 11) is 2.01. The molecule has 0 amide bonds. The Balaban J connectivity index is 2.06. The predicted octanol–water partition coefficient (Wildman–Crippen LogP) is 2.93. The number of aromatic nitrogens is 1. The van der Waals surface area contributed by atoms with E-state index >= 15 is 0 Å². The van der Waals surface area contributed by atoms with Gasteiger partial charge in [-0.3, -0.25) is 4.98 Å². The van der Waals surface area contributed by atoms with Crippen molar-refractivity contribution in [3.63, 3.8) is 0 Å². The van der Waals surface area contributed by atoms with Crippen LogP contribution in [-0.2, 0) is 11.2 Å². The van der Waals surface area contributed by atoms with Crippen LogP contribution < -0.4 is 5.32 Å². The molecule has 1 aliphatic rings. The molecule has 1 aromatic rings. The normalized spacial score (nSPS) is 25.9. The van der Waals surface area contributed by atoms with Crippen molar-refractivity contribution < 1.29 is 4.74 Å². The topological polar surface area (TPSA) is 34.2 Å². The molecule has 1 N–H and O–H groups in total. The Morgan fingerprint density at radius 1 is 1.50 bits per heavy atom. The number of rotatable bonds is 4. The highest BCUT2D eigenvalue weighted by atomic mass is 79.9. The van der Waals surface area contributed by atoms with E-state index in [9.17, 15) is 0 Å². The molecule has 0 aliphatic carbocycles. The molecule has 0 spiro atoms. The molecule has 0 bridgehead atoms. The van der Waals surface area contributed by atoms with Crippen molar-refractivity contribution in [1.29, 1.82) is 0 Å². The molecule has 2 unspecified atom stereocenters. The Hall–Kier alpha value is -0.450. The van der Waals surface area contributed by atoms with Crippen LogP contribution in [0.5, 0.6) is 0 Å². The van der Waals surface area contributed by atoms with Crippen LogP contribution in [0.3, 0.4) is 0 Å². The van der Waals surface area contributed by atoms with Gasteiger partial charge in [0.15, 0.2) is 0 Å². The summed E-state index contributed by atoms with van der Waals surface area (Å²) in [5.74, 6) is 0. The van der Waals surface area contributed by atoms with Crippen LogP contribution >= 0.6 is 15.9 Å². The molecule has 2 atom stereocenters. The fourth-order valence-corrected chi connectivity index (χ4v) is 2.82. The van der Waals surface area contributed by atoms with Crippen LogP contribution in [0.2, 0.25) is 0 Å². The second-order valence-electron chi connectivity index (χ2n) is 5.13. The molecule has 0 saturated carbocycles. The zero-order valence-corrected chi connectivity index (χ0v) is 12.7. The smallest absolute Gasteiger partial charge is 0.0810 e. The number of nitrogens with zero attached hydrogens (tertiary/aromatic N) is 1. The van der Waals surface area contributed by atoms with Crippen molar-refractivity contribution in [2.24, 2.45) is 0 Å². The van der Waals surface area contributed by atoms with Crippen molar-refractivity contribution in [1.82, 2.24) is 10.3 Å². The molecule has 1 saturated heterocycles. The standard InChI is InChI=1S/C14H21BrN2O/c1-14(7-3-4-8-18-14)13(16-2)9-12-6-5-11(15)10-17-12/h5-6,10,13,16H,3-4,7-9H2,1-2H3. The summed E-state index contributed by atoms with van der Waals surface area (Å²) in [6.07, 6.45) is 6.31. The zero-order valence-electron chi connectivity index (χ0n) is 11.1. The molecule has 2 rings (SSSR count). The highest BCUT2D eigenvalue weighted by Gasteiger charge is 2.36. The van der Waals surface area contributed by atoms with Gasteiger partial charge in [-0.05, 0) is 61.3 Å². The fourth-order valence-electron chi connectivity index (χ4n) is 2.59. The first-order chi connectivity index (χ1) is 8.64. The van der Waals surface area contributed by atoms with E-state index in [0.717, 1.165) is 29.6 Å². The van der Waals surface area contributed by atoms with Gasteiger partial charge in [0, 0.05) is 35.4 Å². The summed E-state index contributed by atoms with van der Waals surface area (Å²) in [6, 6.07) is 4.42. The molecule has 3 nitrogen and oxygen atoms in total. The second kappa shape index (κ2) is 6.13. The first-order valence-corrected chi connectivity index (χ1v) is 7.35. The third-order valence-electron chi connectivity index (χ3n) is 3.79. The van der Waals surface area contributed by atoms with Crippen molar-refractivity contribution in [2.45, 2.75) is 44.2 Å². The first kappa shape index (κ1) is 14.0. The molecular weight excluding hydrogens is 292 g/mol. The van der Waals surface area contributed by atoms with Gasteiger partial charge in [0.05, 0.1) is 5.60 Å². The van der Waals surface area contributed by atoms with E-state index in [1.807, 2.05) is 19.3 Å². The fraction of sp³-hybridized carbons (Fsp3) is 0.643. The highest BCUT2D eigenvalue weighted by molar-refractivity contribution is 9.10. The van der Waals surface area contributed by atoms with Gasteiger partial charge in [-0.2, -0.15) is 0 Å². The van der Waals surface area contributed by atoms with Crippen LogP contribution in [0, 0.1) is 0 Å². The van der Waals surface area contributed by atoms with Gasteiger partial charge in [-0.1, -0.05) is 0 Å². The summed E-state index contributed by atoms with van der Waals surface area (Å²) >= 11 is 3.41. The Labute approximate surface area is 117 Å². The van der Waals surface area contributed by atoms with Gasteiger partial charge in [0.1, 0.15) is 0 Å². The van der Waals surface area contributed by atoms with E-state index in [-0.39, 0.29) is 5.60 Å². The van der Waals surface area contributed by atoms with Crippen LogP contribution in [0.25, 0.3) is 0 Å². The van der Waals surface area contributed by atoms with Crippen LogP contribution in [-0.4, -0.2) is 30.3 Å². The van der Waals surface area contributed by atoms with E-state index in [0.29, 0.717) is 6.04 Å². The van der Waals surface area contributed by atoms with Crippen LogP contribution in [0.4, 0.5) is 0 Å². The molecule has 1 fully saturated rings. The Bertz CT molecular complexity index is 374. The van der Waals surface area contributed by atoms with Gasteiger partial charge in [-0.25, -0.2) is 0 Å². The highest BCUT2D eigenvalue weighted by Crippen LogP contribution is 2.29. The third-order valence-corrected chi connectivity index (χ3v) is 4.26. The minimum absolute atomic E-state index is 0.0677. The number of halogens is 1. The molecule has 100 valence electrons. The molecule has 1 aliphatic heterocycles. The maximum atomic E-state index is 6.01. The maximum Gasteiger partial charge on any atom is 0.0810 e. The van der Waals surface area contributed by atoms with Crippen LogP contribution in [0.1, 0.15) is 31.9 Å². The summed E-state index contributed by atoms with van der Waals surface area (Å²) in [5.41, 5.74) is 1.04. The Morgan fingerprint density at radius 3 is 2.89 bits per heavy atom. The average molecular weight is 313 g/mol. The third kappa shape index (κ3) is 3.31. The lowest BCUT2D eigenvalue weighted by molar-refractivity contribution is -0.0872. The van der Waals surface area contributed by atoms with E-state index in [1.165, 1.54) is 12.8 Å². The van der Waals surface area contributed by atoms with Gasteiger partial charge < -0.3 is 10.1 Å². The summed E-state index contributed by atoms with van der Waals surface area (Å²) in [6.45, 7) is 3.09. The van der Waals surface area contributed by atoms with E-state index in [4.69, 9.17) is 4.74 Å². The molecule has 18 heavy (non-hydrogen) atoms. The molecular formula is C14H21BrN2O. The van der Waals surface area contributed by atoms with E-state index < -0.39 is 0 Å². The zero-order chi connectivity index (χ0) is 13.0. The van der Waals surface area contributed by atoms with Gasteiger partial charge >= 0.3 is 0 Å². The average Bonchev–Trinajstić information content (AvgIpc) is 2.38. The first-order valence-electron chi connectivity index (χ1n) is 6.56. The molecule has 2 heterocycles. The second-order valence-corrected chi connectivity index (χ2v) is 6.05. The minimum atomic E-state index is -0.0677. The number of hydrogen-bond donors (Lipinski definition) is 1. The Morgan fingerprint density at radius 2 is 2.33 bits per heavy atom. The number of hydrogen-bond acceptors (Lipinski definition) is 3.